The Morgan fingerprint density at radius 2 is 2.05 bits per heavy atom. The maximum absolute atomic E-state index is 13.5. The molecule has 0 spiro atoms. The second-order valence-electron chi connectivity index (χ2n) is 4.48. The molecule has 0 bridgehead atoms. The van der Waals surface area contributed by atoms with Crippen LogP contribution in [0.5, 0.6) is 0 Å². The fourth-order valence-electron chi connectivity index (χ4n) is 2.21. The van der Waals surface area contributed by atoms with Crippen LogP contribution in [0, 0.1) is 17.5 Å². The molecule has 20 heavy (non-hydrogen) atoms. The molecule has 1 aromatic heterocycles. The van der Waals surface area contributed by atoms with Gasteiger partial charge >= 0.3 is 0 Å². The van der Waals surface area contributed by atoms with Crippen LogP contribution in [0.2, 0.25) is 5.02 Å². The zero-order valence-electron chi connectivity index (χ0n) is 10.4. The normalized spacial score (nSPS) is 11.2. The lowest BCUT2D eigenvalue weighted by atomic mass is 10.2. The summed E-state index contributed by atoms with van der Waals surface area (Å²) in [5.74, 6) is -0.463. The van der Waals surface area contributed by atoms with E-state index in [-0.39, 0.29) is 5.02 Å². The summed E-state index contributed by atoms with van der Waals surface area (Å²) in [6.45, 7) is 1.99. The molecule has 3 aromatic rings. The smallest absolute Gasteiger partial charge is 0.182 e. The second-order valence-corrected chi connectivity index (χ2v) is 6.19. The Hall–Kier alpha value is -1.17. The predicted octanol–water partition coefficient (Wildman–Crippen LogP) is 5.55. The van der Waals surface area contributed by atoms with E-state index in [4.69, 9.17) is 23.8 Å². The van der Waals surface area contributed by atoms with E-state index in [1.165, 1.54) is 6.07 Å². The highest BCUT2D eigenvalue weighted by Crippen LogP contribution is 2.27. The molecule has 0 atom stereocenters. The minimum absolute atomic E-state index is 0.0787. The van der Waals surface area contributed by atoms with Crippen molar-refractivity contribution in [1.29, 1.82) is 0 Å². The standard InChI is InChI=1S/C14H9BrClFN2S/c1-7-4-8(15)2-3-12(7)19-13-5-9(16)10(17)6-11(13)18-14(19)20/h2-6H,1H3,(H,18,20). The molecular weight excluding hydrogens is 363 g/mol. The number of aromatic nitrogens is 2. The summed E-state index contributed by atoms with van der Waals surface area (Å²) < 4.78 is 16.9. The Bertz CT molecular complexity index is 885. The lowest BCUT2D eigenvalue weighted by Gasteiger charge is -2.09. The Balaban J connectivity index is 2.39. The van der Waals surface area contributed by atoms with Crippen LogP contribution in [-0.4, -0.2) is 9.55 Å². The first kappa shape index (κ1) is 13.8. The number of aryl methyl sites for hydroxylation is 1. The molecule has 2 aromatic carbocycles. The molecule has 0 aliphatic heterocycles. The third-order valence-electron chi connectivity index (χ3n) is 3.12. The van der Waals surface area contributed by atoms with Crippen LogP contribution in [-0.2, 0) is 0 Å². The van der Waals surface area contributed by atoms with Gasteiger partial charge in [0, 0.05) is 10.5 Å². The number of rotatable bonds is 1. The summed E-state index contributed by atoms with van der Waals surface area (Å²) in [5.41, 5.74) is 3.37. The average Bonchev–Trinajstić information content (AvgIpc) is 2.66. The highest BCUT2D eigenvalue weighted by molar-refractivity contribution is 9.10. The Labute approximate surface area is 133 Å². The van der Waals surface area contributed by atoms with Gasteiger partial charge in [-0.15, -0.1) is 0 Å². The number of nitrogens with one attached hydrogen (secondary N) is 1. The van der Waals surface area contributed by atoms with Gasteiger partial charge in [0.1, 0.15) is 5.82 Å². The van der Waals surface area contributed by atoms with Crippen molar-refractivity contribution in [3.63, 3.8) is 0 Å². The Morgan fingerprint density at radius 1 is 1.30 bits per heavy atom. The molecule has 0 unspecified atom stereocenters. The van der Waals surface area contributed by atoms with Crippen molar-refractivity contribution in [2.75, 3.05) is 0 Å². The van der Waals surface area contributed by atoms with Crippen LogP contribution in [0.1, 0.15) is 5.56 Å². The molecule has 3 rings (SSSR count). The first-order chi connectivity index (χ1) is 9.47. The molecule has 1 N–H and O–H groups in total. The van der Waals surface area contributed by atoms with Crippen LogP contribution in [0.4, 0.5) is 4.39 Å². The van der Waals surface area contributed by atoms with Crippen molar-refractivity contribution in [2.24, 2.45) is 0 Å². The maximum Gasteiger partial charge on any atom is 0.182 e. The second kappa shape index (κ2) is 4.98. The zero-order chi connectivity index (χ0) is 14.4. The van der Waals surface area contributed by atoms with E-state index in [0.29, 0.717) is 10.3 Å². The van der Waals surface area contributed by atoms with Crippen LogP contribution in [0.3, 0.4) is 0 Å². The number of hydrogen-bond donors (Lipinski definition) is 1. The highest BCUT2D eigenvalue weighted by atomic mass is 79.9. The molecule has 0 aliphatic rings. The number of benzene rings is 2. The van der Waals surface area contributed by atoms with Crippen LogP contribution < -0.4 is 0 Å². The van der Waals surface area contributed by atoms with Gasteiger partial charge in [0.25, 0.3) is 0 Å². The molecule has 2 nitrogen and oxygen atoms in total. The van der Waals surface area contributed by atoms with Gasteiger partial charge in [0.2, 0.25) is 0 Å². The molecule has 6 heteroatoms. The first-order valence-corrected chi connectivity index (χ1v) is 7.41. The predicted molar refractivity (Wildman–Crippen MR) is 85.9 cm³/mol. The van der Waals surface area contributed by atoms with Gasteiger partial charge in [-0.25, -0.2) is 4.39 Å². The molecule has 0 aliphatic carbocycles. The fourth-order valence-corrected chi connectivity index (χ4v) is 3.15. The number of fused-ring (bicyclic) bond motifs is 1. The van der Waals surface area contributed by atoms with Crippen LogP contribution >= 0.6 is 39.7 Å². The van der Waals surface area contributed by atoms with Crippen molar-refractivity contribution in [3.8, 4) is 5.69 Å². The third kappa shape index (κ3) is 2.20. The molecule has 0 radical (unpaired) electrons. The lowest BCUT2D eigenvalue weighted by Crippen LogP contribution is -1.97. The Morgan fingerprint density at radius 3 is 2.75 bits per heavy atom. The average molecular weight is 372 g/mol. The molecule has 0 fully saturated rings. The molecule has 102 valence electrons. The van der Waals surface area contributed by atoms with E-state index in [1.807, 2.05) is 29.7 Å². The van der Waals surface area contributed by atoms with Gasteiger partial charge < -0.3 is 4.98 Å². The number of imidazole rings is 1. The zero-order valence-corrected chi connectivity index (χ0v) is 13.5. The molecular formula is C14H9BrClFN2S. The number of aromatic amines is 1. The van der Waals surface area contributed by atoms with Gasteiger partial charge in [-0.3, -0.25) is 4.57 Å². The summed E-state index contributed by atoms with van der Waals surface area (Å²) >= 11 is 14.7. The number of nitrogens with zero attached hydrogens (tertiary/aromatic N) is 1. The van der Waals surface area contributed by atoms with E-state index in [0.717, 1.165) is 21.2 Å². The van der Waals surface area contributed by atoms with Gasteiger partial charge in [-0.2, -0.15) is 0 Å². The van der Waals surface area contributed by atoms with Crippen molar-refractivity contribution in [1.82, 2.24) is 9.55 Å². The summed E-state index contributed by atoms with van der Waals surface area (Å²) in [4.78, 5) is 3.00. The first-order valence-electron chi connectivity index (χ1n) is 5.83. The number of hydrogen-bond acceptors (Lipinski definition) is 1. The minimum Gasteiger partial charge on any atom is -0.330 e. The molecule has 0 saturated carbocycles. The van der Waals surface area contributed by atoms with Gasteiger partial charge in [0.05, 0.1) is 21.7 Å². The topological polar surface area (TPSA) is 20.7 Å². The van der Waals surface area contributed by atoms with E-state index >= 15 is 0 Å². The fraction of sp³-hybridized carbons (Fsp3) is 0.0714. The van der Waals surface area contributed by atoms with Crippen molar-refractivity contribution in [3.05, 3.63) is 56.0 Å². The quantitative estimate of drug-likeness (QED) is 0.556. The van der Waals surface area contributed by atoms with Crippen molar-refractivity contribution < 1.29 is 4.39 Å². The monoisotopic (exact) mass is 370 g/mol. The number of halogens is 3. The lowest BCUT2D eigenvalue weighted by molar-refractivity contribution is 0.630. The van der Waals surface area contributed by atoms with Gasteiger partial charge in [-0.05, 0) is 49.0 Å². The Kier molecular flexibility index (Phi) is 3.44. The summed E-state index contributed by atoms with van der Waals surface area (Å²) in [6, 6.07) is 8.84. The van der Waals surface area contributed by atoms with Crippen molar-refractivity contribution in [2.45, 2.75) is 6.92 Å². The third-order valence-corrected chi connectivity index (χ3v) is 4.19. The van der Waals surface area contributed by atoms with Crippen molar-refractivity contribution >= 4 is 50.8 Å². The van der Waals surface area contributed by atoms with E-state index < -0.39 is 5.82 Å². The molecule has 0 saturated heterocycles. The summed E-state index contributed by atoms with van der Waals surface area (Å²) in [7, 11) is 0. The molecule has 1 heterocycles. The summed E-state index contributed by atoms with van der Waals surface area (Å²) in [5, 5.41) is 0.0787. The maximum atomic E-state index is 13.5. The van der Waals surface area contributed by atoms with Crippen LogP contribution in [0.25, 0.3) is 16.7 Å². The summed E-state index contributed by atoms with van der Waals surface area (Å²) in [6.07, 6.45) is 0. The van der Waals surface area contributed by atoms with E-state index in [9.17, 15) is 4.39 Å². The van der Waals surface area contributed by atoms with Crippen LogP contribution in [0.15, 0.2) is 34.8 Å². The SMILES string of the molecule is Cc1cc(Br)ccc1-n1c(=S)[nH]c2cc(F)c(Cl)cc21. The highest BCUT2D eigenvalue weighted by Gasteiger charge is 2.12. The van der Waals surface area contributed by atoms with Gasteiger partial charge in [-0.1, -0.05) is 27.5 Å². The largest absolute Gasteiger partial charge is 0.330 e. The minimum atomic E-state index is -0.463. The van der Waals surface area contributed by atoms with E-state index in [2.05, 4.69) is 20.9 Å². The van der Waals surface area contributed by atoms with Gasteiger partial charge in [0.15, 0.2) is 4.77 Å². The molecule has 0 amide bonds. The van der Waals surface area contributed by atoms with E-state index in [1.54, 1.807) is 6.07 Å². The number of H-pyrrole nitrogens is 1.